The van der Waals surface area contributed by atoms with Gasteiger partial charge in [0.25, 0.3) is 0 Å². The molecule has 2 saturated carbocycles. The number of hydrogen-bond donors (Lipinski definition) is 1. The second-order valence-corrected chi connectivity index (χ2v) is 7.10. The van der Waals surface area contributed by atoms with Crippen molar-refractivity contribution in [2.45, 2.75) is 64.0 Å². The zero-order valence-electron chi connectivity index (χ0n) is 12.4. The molecule has 2 fully saturated rings. The Kier molecular flexibility index (Phi) is 4.77. The summed E-state index contributed by atoms with van der Waals surface area (Å²) in [5.41, 5.74) is 0.439. The predicted molar refractivity (Wildman–Crippen MR) is 86.1 cm³/mol. The first-order valence-corrected chi connectivity index (χ1v) is 8.82. The summed E-state index contributed by atoms with van der Waals surface area (Å²) >= 11 is 4.72. The molecule has 2 aliphatic rings. The topological polar surface area (TPSA) is 16.4 Å². The van der Waals surface area contributed by atoms with Crippen LogP contribution in [-0.4, -0.2) is 23.2 Å². The number of nitrogens with zero attached hydrogens (tertiary/aromatic N) is 1. The van der Waals surface area contributed by atoms with Crippen molar-refractivity contribution in [1.82, 2.24) is 4.90 Å². The molecule has 1 aromatic rings. The van der Waals surface area contributed by atoms with E-state index in [0.717, 1.165) is 24.1 Å². The SMILES string of the molecule is SCC1(CN(Cc2ccco2)C2CC2)CCCCCC1. The van der Waals surface area contributed by atoms with E-state index < -0.39 is 0 Å². The fraction of sp³-hybridized carbons (Fsp3) is 0.765. The minimum atomic E-state index is 0.439. The molecule has 20 heavy (non-hydrogen) atoms. The van der Waals surface area contributed by atoms with Crippen LogP contribution in [0.1, 0.15) is 57.1 Å². The molecule has 0 N–H and O–H groups in total. The van der Waals surface area contributed by atoms with Crippen LogP contribution in [0, 0.1) is 5.41 Å². The van der Waals surface area contributed by atoms with E-state index in [0.29, 0.717) is 5.41 Å². The van der Waals surface area contributed by atoms with Gasteiger partial charge in [0.15, 0.2) is 0 Å². The maximum absolute atomic E-state index is 5.56. The molecule has 3 heteroatoms. The maximum Gasteiger partial charge on any atom is 0.117 e. The minimum Gasteiger partial charge on any atom is -0.468 e. The number of furan rings is 1. The van der Waals surface area contributed by atoms with Crippen molar-refractivity contribution in [2.75, 3.05) is 12.3 Å². The van der Waals surface area contributed by atoms with Crippen LogP contribution in [0.15, 0.2) is 22.8 Å². The molecule has 1 aromatic heterocycles. The van der Waals surface area contributed by atoms with Crippen molar-refractivity contribution in [3.8, 4) is 0 Å². The first kappa shape index (κ1) is 14.5. The van der Waals surface area contributed by atoms with Crippen LogP contribution in [0.4, 0.5) is 0 Å². The Morgan fingerprint density at radius 2 is 1.95 bits per heavy atom. The molecule has 1 heterocycles. The van der Waals surface area contributed by atoms with E-state index in [1.807, 2.05) is 6.07 Å². The van der Waals surface area contributed by atoms with Gasteiger partial charge >= 0.3 is 0 Å². The standard InChI is InChI=1S/C17H27NOS/c20-14-17(9-3-1-2-4-10-17)13-18(15-7-8-15)12-16-6-5-11-19-16/h5-6,11,15,20H,1-4,7-10,12-14H2. The Morgan fingerprint density at radius 1 is 1.20 bits per heavy atom. The fourth-order valence-electron chi connectivity index (χ4n) is 3.63. The molecule has 0 bridgehead atoms. The van der Waals surface area contributed by atoms with Gasteiger partial charge in [-0.15, -0.1) is 0 Å². The summed E-state index contributed by atoms with van der Waals surface area (Å²) in [7, 11) is 0. The van der Waals surface area contributed by atoms with Crippen molar-refractivity contribution in [3.63, 3.8) is 0 Å². The molecular formula is C17H27NOS. The second-order valence-electron chi connectivity index (χ2n) is 6.79. The van der Waals surface area contributed by atoms with Gasteiger partial charge in [0, 0.05) is 12.6 Å². The van der Waals surface area contributed by atoms with Crippen LogP contribution >= 0.6 is 12.6 Å². The predicted octanol–water partition coefficient (Wildman–Crippen LogP) is 4.51. The van der Waals surface area contributed by atoms with Gasteiger partial charge in [-0.3, -0.25) is 4.90 Å². The third-order valence-corrected chi connectivity index (χ3v) is 5.71. The van der Waals surface area contributed by atoms with Crippen molar-refractivity contribution in [3.05, 3.63) is 24.2 Å². The third kappa shape index (κ3) is 3.62. The van der Waals surface area contributed by atoms with Crippen LogP contribution < -0.4 is 0 Å². The smallest absolute Gasteiger partial charge is 0.117 e. The lowest BCUT2D eigenvalue weighted by Gasteiger charge is -2.37. The summed E-state index contributed by atoms with van der Waals surface area (Å²) in [6, 6.07) is 4.90. The summed E-state index contributed by atoms with van der Waals surface area (Å²) in [5.74, 6) is 2.15. The Morgan fingerprint density at radius 3 is 2.50 bits per heavy atom. The largest absolute Gasteiger partial charge is 0.468 e. The van der Waals surface area contributed by atoms with Gasteiger partial charge in [-0.2, -0.15) is 12.6 Å². The molecule has 3 rings (SSSR count). The maximum atomic E-state index is 5.56. The van der Waals surface area contributed by atoms with E-state index in [4.69, 9.17) is 17.0 Å². The van der Waals surface area contributed by atoms with Gasteiger partial charge in [0.2, 0.25) is 0 Å². The van der Waals surface area contributed by atoms with Crippen LogP contribution in [0.5, 0.6) is 0 Å². The molecule has 0 atom stereocenters. The average molecular weight is 293 g/mol. The van der Waals surface area contributed by atoms with Gasteiger partial charge in [0.1, 0.15) is 5.76 Å². The summed E-state index contributed by atoms with van der Waals surface area (Å²) in [6.45, 7) is 2.19. The fourth-order valence-corrected chi connectivity index (χ4v) is 4.05. The minimum absolute atomic E-state index is 0.439. The highest BCUT2D eigenvalue weighted by molar-refractivity contribution is 7.80. The van der Waals surface area contributed by atoms with E-state index >= 15 is 0 Å². The van der Waals surface area contributed by atoms with Gasteiger partial charge in [-0.1, -0.05) is 25.7 Å². The van der Waals surface area contributed by atoms with E-state index in [1.165, 1.54) is 57.9 Å². The lowest BCUT2D eigenvalue weighted by molar-refractivity contribution is 0.130. The molecule has 0 spiro atoms. The Hall–Kier alpha value is -0.410. The molecule has 2 nitrogen and oxygen atoms in total. The highest BCUT2D eigenvalue weighted by Gasteiger charge is 2.37. The molecule has 0 saturated heterocycles. The van der Waals surface area contributed by atoms with Crippen molar-refractivity contribution in [2.24, 2.45) is 5.41 Å². The monoisotopic (exact) mass is 293 g/mol. The van der Waals surface area contributed by atoms with Crippen molar-refractivity contribution < 1.29 is 4.42 Å². The first-order chi connectivity index (χ1) is 9.81. The van der Waals surface area contributed by atoms with Crippen molar-refractivity contribution in [1.29, 1.82) is 0 Å². The van der Waals surface area contributed by atoms with E-state index in [-0.39, 0.29) is 0 Å². The number of thiol groups is 1. The van der Waals surface area contributed by atoms with Gasteiger partial charge in [-0.05, 0) is 49.0 Å². The highest BCUT2D eigenvalue weighted by Crippen LogP contribution is 2.40. The number of rotatable bonds is 6. The van der Waals surface area contributed by atoms with Crippen LogP contribution in [0.25, 0.3) is 0 Å². The zero-order chi connectivity index (χ0) is 13.8. The zero-order valence-corrected chi connectivity index (χ0v) is 13.3. The molecule has 0 aliphatic heterocycles. The summed E-state index contributed by atoms with van der Waals surface area (Å²) in [4.78, 5) is 2.67. The molecular weight excluding hydrogens is 266 g/mol. The summed E-state index contributed by atoms with van der Waals surface area (Å²) in [6.07, 6.45) is 12.8. The van der Waals surface area contributed by atoms with Gasteiger partial charge < -0.3 is 4.42 Å². The molecule has 0 aromatic carbocycles. The van der Waals surface area contributed by atoms with E-state index in [2.05, 4.69) is 11.0 Å². The normalized spacial score (nSPS) is 22.9. The second kappa shape index (κ2) is 6.57. The first-order valence-electron chi connectivity index (χ1n) is 8.19. The molecule has 0 radical (unpaired) electrons. The summed E-state index contributed by atoms with van der Waals surface area (Å²) < 4.78 is 5.56. The molecule has 2 aliphatic carbocycles. The Bertz CT molecular complexity index is 391. The van der Waals surface area contributed by atoms with Gasteiger partial charge in [0.05, 0.1) is 12.8 Å². The number of hydrogen-bond acceptors (Lipinski definition) is 3. The van der Waals surface area contributed by atoms with E-state index in [9.17, 15) is 0 Å². The highest BCUT2D eigenvalue weighted by atomic mass is 32.1. The molecule has 112 valence electrons. The molecule has 0 amide bonds. The lowest BCUT2D eigenvalue weighted by Crippen LogP contribution is -2.39. The van der Waals surface area contributed by atoms with Crippen molar-refractivity contribution >= 4 is 12.6 Å². The molecule has 0 unspecified atom stereocenters. The van der Waals surface area contributed by atoms with Gasteiger partial charge in [-0.25, -0.2) is 0 Å². The van der Waals surface area contributed by atoms with E-state index in [1.54, 1.807) is 6.26 Å². The lowest BCUT2D eigenvalue weighted by atomic mass is 9.81. The quantitative estimate of drug-likeness (QED) is 0.613. The average Bonchev–Trinajstić information content (AvgIpc) is 3.23. The van der Waals surface area contributed by atoms with Crippen LogP contribution in [0.2, 0.25) is 0 Å². The Labute approximate surface area is 128 Å². The third-order valence-electron chi connectivity index (χ3n) is 5.04. The Balaban J connectivity index is 1.67. The van der Waals surface area contributed by atoms with Crippen LogP contribution in [-0.2, 0) is 6.54 Å². The van der Waals surface area contributed by atoms with Crippen LogP contribution in [0.3, 0.4) is 0 Å². The summed E-state index contributed by atoms with van der Waals surface area (Å²) in [5, 5.41) is 0.